The lowest BCUT2D eigenvalue weighted by Crippen LogP contribution is -2.12. The highest BCUT2D eigenvalue weighted by Crippen LogP contribution is 2.34. The van der Waals surface area contributed by atoms with Crippen LogP contribution in [0, 0.1) is 17.1 Å². The molecule has 0 amide bonds. The number of alkyl halides is 1. The zero-order chi connectivity index (χ0) is 14.0. The maximum absolute atomic E-state index is 13.9. The standard InChI is InChI=1S/C14H9ClF2N2/c1-14(17,8-18)12-3-2-9(5-13(12)15)10-4-11(16)7-19-6-10/h2-7H,1H3. The average Bonchev–Trinajstić information content (AvgIpc) is 2.38. The Hall–Kier alpha value is -1.99. The minimum atomic E-state index is -2.16. The van der Waals surface area contributed by atoms with E-state index in [0.29, 0.717) is 11.1 Å². The molecule has 0 fully saturated rings. The molecule has 5 heteroatoms. The Balaban J connectivity index is 2.48. The van der Waals surface area contributed by atoms with Gasteiger partial charge >= 0.3 is 0 Å². The molecule has 2 nitrogen and oxygen atoms in total. The lowest BCUT2D eigenvalue weighted by Gasteiger charge is -2.14. The van der Waals surface area contributed by atoms with Gasteiger partial charge in [-0.05, 0) is 24.6 Å². The number of benzene rings is 1. The molecule has 19 heavy (non-hydrogen) atoms. The Morgan fingerprint density at radius 2 is 2.00 bits per heavy atom. The quantitative estimate of drug-likeness (QED) is 0.823. The molecule has 0 aliphatic rings. The molecule has 96 valence electrons. The number of pyridine rings is 1. The van der Waals surface area contributed by atoms with Crippen LogP contribution in [0.15, 0.2) is 36.7 Å². The summed E-state index contributed by atoms with van der Waals surface area (Å²) in [5.74, 6) is -0.468. The predicted octanol–water partition coefficient (Wildman–Crippen LogP) is 4.25. The molecule has 1 heterocycles. The number of halogens is 3. The molecule has 1 atom stereocenters. The molecule has 1 aromatic heterocycles. The van der Waals surface area contributed by atoms with Gasteiger partial charge in [-0.15, -0.1) is 0 Å². The van der Waals surface area contributed by atoms with Crippen molar-refractivity contribution in [3.8, 4) is 17.2 Å². The summed E-state index contributed by atoms with van der Waals surface area (Å²) < 4.78 is 27.0. The summed E-state index contributed by atoms with van der Waals surface area (Å²) >= 11 is 5.98. The minimum Gasteiger partial charge on any atom is -0.261 e. The van der Waals surface area contributed by atoms with Gasteiger partial charge in [-0.1, -0.05) is 23.7 Å². The van der Waals surface area contributed by atoms with Crippen molar-refractivity contribution in [2.24, 2.45) is 0 Å². The molecular formula is C14H9ClF2N2. The molecule has 0 aliphatic heterocycles. The van der Waals surface area contributed by atoms with Crippen LogP contribution < -0.4 is 0 Å². The number of hydrogen-bond donors (Lipinski definition) is 0. The van der Waals surface area contributed by atoms with Crippen molar-refractivity contribution in [2.75, 3.05) is 0 Å². The van der Waals surface area contributed by atoms with Gasteiger partial charge in [0.15, 0.2) is 0 Å². The van der Waals surface area contributed by atoms with E-state index in [1.807, 2.05) is 0 Å². The van der Waals surface area contributed by atoms with Crippen molar-refractivity contribution in [1.29, 1.82) is 5.26 Å². The maximum atomic E-state index is 13.9. The number of nitriles is 1. The second kappa shape index (κ2) is 4.94. The van der Waals surface area contributed by atoms with Gasteiger partial charge in [-0.25, -0.2) is 8.78 Å². The SMILES string of the molecule is CC(F)(C#N)c1ccc(-c2cncc(F)c2)cc1Cl. The van der Waals surface area contributed by atoms with E-state index in [1.165, 1.54) is 24.4 Å². The summed E-state index contributed by atoms with van der Waals surface area (Å²) in [6.07, 6.45) is 2.57. The van der Waals surface area contributed by atoms with Gasteiger partial charge in [-0.2, -0.15) is 5.26 Å². The van der Waals surface area contributed by atoms with Crippen molar-refractivity contribution >= 4 is 11.6 Å². The van der Waals surface area contributed by atoms with Crippen LogP contribution >= 0.6 is 11.6 Å². The first kappa shape index (κ1) is 13.4. The summed E-state index contributed by atoms with van der Waals surface area (Å²) in [5, 5.41) is 8.87. The highest BCUT2D eigenvalue weighted by Gasteiger charge is 2.28. The van der Waals surface area contributed by atoms with Crippen LogP contribution in [-0.2, 0) is 5.67 Å². The number of nitrogens with zero attached hydrogens (tertiary/aromatic N) is 2. The van der Waals surface area contributed by atoms with Gasteiger partial charge in [0.1, 0.15) is 11.9 Å². The van der Waals surface area contributed by atoms with Gasteiger partial charge in [0, 0.05) is 22.3 Å². The molecule has 0 N–H and O–H groups in total. The predicted molar refractivity (Wildman–Crippen MR) is 68.7 cm³/mol. The van der Waals surface area contributed by atoms with Crippen LogP contribution in [0.25, 0.3) is 11.1 Å². The van der Waals surface area contributed by atoms with Crippen LogP contribution in [0.4, 0.5) is 8.78 Å². The van der Waals surface area contributed by atoms with Crippen LogP contribution in [-0.4, -0.2) is 4.98 Å². The van der Waals surface area contributed by atoms with Crippen LogP contribution in [0.2, 0.25) is 5.02 Å². The molecule has 0 spiro atoms. The van der Waals surface area contributed by atoms with Crippen molar-refractivity contribution in [3.63, 3.8) is 0 Å². The fourth-order valence-electron chi connectivity index (χ4n) is 1.71. The van der Waals surface area contributed by atoms with Crippen LogP contribution in [0.1, 0.15) is 12.5 Å². The molecule has 0 radical (unpaired) electrons. The number of rotatable bonds is 2. The molecule has 2 rings (SSSR count). The second-order valence-corrected chi connectivity index (χ2v) is 4.61. The highest BCUT2D eigenvalue weighted by molar-refractivity contribution is 6.31. The summed E-state index contributed by atoms with van der Waals surface area (Å²) in [7, 11) is 0. The Kier molecular flexibility index (Phi) is 3.50. The molecular weight excluding hydrogens is 270 g/mol. The summed E-state index contributed by atoms with van der Waals surface area (Å²) in [5.41, 5.74) is -0.930. The third-order valence-corrected chi connectivity index (χ3v) is 3.04. The first-order valence-corrected chi connectivity index (χ1v) is 5.83. The lowest BCUT2D eigenvalue weighted by molar-refractivity contribution is 0.274. The molecule has 0 saturated carbocycles. The summed E-state index contributed by atoms with van der Waals surface area (Å²) in [6, 6.07) is 7.33. The van der Waals surface area contributed by atoms with Crippen LogP contribution in [0.3, 0.4) is 0 Å². The third kappa shape index (κ3) is 2.72. The molecule has 2 aromatic rings. The highest BCUT2D eigenvalue weighted by atomic mass is 35.5. The first-order chi connectivity index (χ1) is 8.94. The molecule has 0 bridgehead atoms. The summed E-state index contributed by atoms with van der Waals surface area (Å²) in [4.78, 5) is 3.73. The zero-order valence-corrected chi connectivity index (χ0v) is 10.7. The monoisotopic (exact) mass is 278 g/mol. The van der Waals surface area contributed by atoms with Gasteiger partial charge in [0.2, 0.25) is 5.67 Å². The van der Waals surface area contributed by atoms with Crippen molar-refractivity contribution < 1.29 is 8.78 Å². The van der Waals surface area contributed by atoms with Crippen molar-refractivity contribution in [1.82, 2.24) is 4.98 Å². The Labute approximate surface area is 114 Å². The molecule has 0 aliphatic carbocycles. The van der Waals surface area contributed by atoms with Gasteiger partial charge in [0.05, 0.1) is 6.20 Å². The van der Waals surface area contributed by atoms with Gasteiger partial charge in [-0.3, -0.25) is 4.98 Å². The molecule has 1 unspecified atom stereocenters. The van der Waals surface area contributed by atoms with Gasteiger partial charge in [0.25, 0.3) is 0 Å². The smallest absolute Gasteiger partial charge is 0.219 e. The zero-order valence-electron chi connectivity index (χ0n) is 9.99. The number of hydrogen-bond acceptors (Lipinski definition) is 2. The largest absolute Gasteiger partial charge is 0.261 e. The topological polar surface area (TPSA) is 36.7 Å². The lowest BCUT2D eigenvalue weighted by atomic mass is 9.96. The average molecular weight is 279 g/mol. The Morgan fingerprint density at radius 1 is 1.26 bits per heavy atom. The molecule has 0 saturated heterocycles. The number of aromatic nitrogens is 1. The van der Waals surface area contributed by atoms with Crippen LogP contribution in [0.5, 0.6) is 0 Å². The van der Waals surface area contributed by atoms with E-state index in [2.05, 4.69) is 4.98 Å². The van der Waals surface area contributed by atoms with E-state index in [-0.39, 0.29) is 10.6 Å². The molecule has 1 aromatic carbocycles. The maximum Gasteiger partial charge on any atom is 0.219 e. The van der Waals surface area contributed by atoms with Crippen molar-refractivity contribution in [3.05, 3.63) is 53.1 Å². The Morgan fingerprint density at radius 3 is 2.58 bits per heavy atom. The van der Waals surface area contributed by atoms with E-state index in [0.717, 1.165) is 13.1 Å². The van der Waals surface area contributed by atoms with E-state index in [9.17, 15) is 8.78 Å². The van der Waals surface area contributed by atoms with E-state index in [4.69, 9.17) is 16.9 Å². The van der Waals surface area contributed by atoms with E-state index < -0.39 is 11.5 Å². The van der Waals surface area contributed by atoms with Crippen molar-refractivity contribution in [2.45, 2.75) is 12.6 Å². The Bertz CT molecular complexity index is 663. The second-order valence-electron chi connectivity index (χ2n) is 4.20. The first-order valence-electron chi connectivity index (χ1n) is 5.45. The van der Waals surface area contributed by atoms with E-state index >= 15 is 0 Å². The fraction of sp³-hybridized carbons (Fsp3) is 0.143. The normalized spacial score (nSPS) is 13.6. The van der Waals surface area contributed by atoms with E-state index in [1.54, 1.807) is 12.1 Å². The van der Waals surface area contributed by atoms with Gasteiger partial charge < -0.3 is 0 Å². The third-order valence-electron chi connectivity index (χ3n) is 2.72. The fourth-order valence-corrected chi connectivity index (χ4v) is 2.06. The summed E-state index contributed by atoms with van der Waals surface area (Å²) in [6.45, 7) is 1.14. The minimum absolute atomic E-state index is 0.0878.